The average molecular weight is 457 g/mol. The van der Waals surface area contributed by atoms with Crippen LogP contribution >= 0.6 is 0 Å². The summed E-state index contributed by atoms with van der Waals surface area (Å²) in [7, 11) is 0. The molecule has 0 radical (unpaired) electrons. The maximum Gasteiger partial charge on any atom is 0.339 e. The third-order valence-corrected chi connectivity index (χ3v) is 6.46. The number of aromatic carboxylic acids is 1. The normalized spacial score (nSPS) is 11.2. The standard InChI is InChI=1S/C29H44O4/c1-2-3-4-5-6-7-8-9-10-11-12-13-14-15-16-17-22-33-25-19-21-26-24(23-25)18-20-27(28(26)30)29(31)32/h18-21,23,30H,2-17,22H2,1H3,(H,31,32). The van der Waals surface area contributed by atoms with Crippen molar-refractivity contribution in [2.75, 3.05) is 6.61 Å². The van der Waals surface area contributed by atoms with Gasteiger partial charge in [0.15, 0.2) is 0 Å². The Morgan fingerprint density at radius 2 is 1.24 bits per heavy atom. The number of unbranched alkanes of at least 4 members (excludes halogenated alkanes) is 15. The lowest BCUT2D eigenvalue weighted by Crippen LogP contribution is -1.98. The van der Waals surface area contributed by atoms with Crippen LogP contribution < -0.4 is 4.74 Å². The molecule has 0 aliphatic heterocycles. The Hall–Kier alpha value is -2.23. The second-order valence-corrected chi connectivity index (χ2v) is 9.30. The fourth-order valence-electron chi connectivity index (χ4n) is 4.39. The van der Waals surface area contributed by atoms with Crippen LogP contribution in [-0.4, -0.2) is 22.8 Å². The van der Waals surface area contributed by atoms with Gasteiger partial charge >= 0.3 is 5.97 Å². The van der Waals surface area contributed by atoms with Gasteiger partial charge in [0.25, 0.3) is 0 Å². The van der Waals surface area contributed by atoms with E-state index in [0.717, 1.165) is 17.6 Å². The highest BCUT2D eigenvalue weighted by atomic mass is 16.5. The summed E-state index contributed by atoms with van der Waals surface area (Å²) in [5.74, 6) is -0.562. The van der Waals surface area contributed by atoms with Crippen LogP contribution in [0.15, 0.2) is 30.3 Å². The van der Waals surface area contributed by atoms with E-state index in [0.29, 0.717) is 12.0 Å². The van der Waals surface area contributed by atoms with Gasteiger partial charge in [0, 0.05) is 5.39 Å². The van der Waals surface area contributed by atoms with Gasteiger partial charge in [0.2, 0.25) is 0 Å². The Morgan fingerprint density at radius 1 is 0.727 bits per heavy atom. The number of fused-ring (bicyclic) bond motifs is 1. The summed E-state index contributed by atoms with van der Waals surface area (Å²) in [4.78, 5) is 11.1. The highest BCUT2D eigenvalue weighted by Crippen LogP contribution is 2.31. The third kappa shape index (κ3) is 10.5. The SMILES string of the molecule is CCCCCCCCCCCCCCCCCCOc1ccc2c(O)c(C(=O)O)ccc2c1. The van der Waals surface area contributed by atoms with Gasteiger partial charge in [-0.1, -0.05) is 109 Å². The van der Waals surface area contributed by atoms with E-state index in [2.05, 4.69) is 6.92 Å². The molecule has 0 atom stereocenters. The molecular formula is C29H44O4. The van der Waals surface area contributed by atoms with E-state index >= 15 is 0 Å². The minimum Gasteiger partial charge on any atom is -0.506 e. The molecule has 0 aromatic heterocycles. The van der Waals surface area contributed by atoms with Crippen LogP contribution in [0.4, 0.5) is 0 Å². The largest absolute Gasteiger partial charge is 0.506 e. The lowest BCUT2D eigenvalue weighted by atomic mass is 10.0. The minimum absolute atomic E-state index is 0.0793. The summed E-state index contributed by atoms with van der Waals surface area (Å²) in [5, 5.41) is 20.5. The van der Waals surface area contributed by atoms with E-state index in [9.17, 15) is 9.90 Å². The van der Waals surface area contributed by atoms with E-state index in [-0.39, 0.29) is 11.3 Å². The number of benzene rings is 2. The summed E-state index contributed by atoms with van der Waals surface area (Å²) in [6, 6.07) is 8.51. The maximum absolute atomic E-state index is 11.1. The van der Waals surface area contributed by atoms with Gasteiger partial charge in [-0.2, -0.15) is 0 Å². The van der Waals surface area contributed by atoms with Crippen molar-refractivity contribution in [2.24, 2.45) is 0 Å². The number of carbonyl (C=O) groups is 1. The van der Waals surface area contributed by atoms with Crippen molar-refractivity contribution in [1.82, 2.24) is 0 Å². The lowest BCUT2D eigenvalue weighted by molar-refractivity contribution is 0.0694. The molecule has 4 heteroatoms. The van der Waals surface area contributed by atoms with Crippen molar-refractivity contribution in [2.45, 2.75) is 110 Å². The van der Waals surface area contributed by atoms with Gasteiger partial charge in [-0.3, -0.25) is 0 Å². The van der Waals surface area contributed by atoms with E-state index in [1.54, 1.807) is 18.2 Å². The molecule has 4 nitrogen and oxygen atoms in total. The highest BCUT2D eigenvalue weighted by molar-refractivity contribution is 6.00. The fourth-order valence-corrected chi connectivity index (χ4v) is 4.39. The zero-order valence-electron chi connectivity index (χ0n) is 20.6. The smallest absolute Gasteiger partial charge is 0.339 e. The van der Waals surface area contributed by atoms with Crippen molar-refractivity contribution in [3.05, 3.63) is 35.9 Å². The van der Waals surface area contributed by atoms with Crippen molar-refractivity contribution in [3.63, 3.8) is 0 Å². The van der Waals surface area contributed by atoms with Gasteiger partial charge < -0.3 is 14.9 Å². The van der Waals surface area contributed by atoms with Crippen LogP contribution in [0.5, 0.6) is 11.5 Å². The molecule has 0 bridgehead atoms. The summed E-state index contributed by atoms with van der Waals surface area (Å²) >= 11 is 0. The summed E-state index contributed by atoms with van der Waals surface area (Å²) < 4.78 is 5.85. The van der Waals surface area contributed by atoms with Crippen LogP contribution in [0.25, 0.3) is 10.8 Å². The molecule has 184 valence electrons. The Balaban J connectivity index is 1.45. The fraction of sp³-hybridized carbons (Fsp3) is 0.621. The topological polar surface area (TPSA) is 66.8 Å². The van der Waals surface area contributed by atoms with Crippen molar-refractivity contribution in [1.29, 1.82) is 0 Å². The lowest BCUT2D eigenvalue weighted by Gasteiger charge is -2.09. The first-order chi connectivity index (χ1) is 16.1. The molecule has 0 amide bonds. The number of phenols is 1. The van der Waals surface area contributed by atoms with Crippen LogP contribution in [0, 0.1) is 0 Å². The summed E-state index contributed by atoms with van der Waals surface area (Å²) in [5.41, 5.74) is -0.0793. The van der Waals surface area contributed by atoms with Gasteiger partial charge in [0.1, 0.15) is 17.1 Å². The number of hydrogen-bond donors (Lipinski definition) is 2. The monoisotopic (exact) mass is 456 g/mol. The number of ether oxygens (including phenoxy) is 1. The molecule has 2 rings (SSSR count). The van der Waals surface area contributed by atoms with Gasteiger partial charge in [0.05, 0.1) is 6.61 Å². The first-order valence-electron chi connectivity index (χ1n) is 13.2. The predicted molar refractivity (Wildman–Crippen MR) is 138 cm³/mol. The molecule has 0 aliphatic carbocycles. The number of aromatic hydroxyl groups is 1. The molecule has 0 heterocycles. The van der Waals surface area contributed by atoms with Crippen LogP contribution in [-0.2, 0) is 0 Å². The van der Waals surface area contributed by atoms with Crippen molar-refractivity contribution >= 4 is 16.7 Å². The average Bonchev–Trinajstić information content (AvgIpc) is 2.81. The van der Waals surface area contributed by atoms with E-state index in [4.69, 9.17) is 9.84 Å². The van der Waals surface area contributed by atoms with Gasteiger partial charge in [-0.15, -0.1) is 0 Å². The first kappa shape index (κ1) is 27.0. The Labute approximate surface area is 200 Å². The Morgan fingerprint density at radius 3 is 1.76 bits per heavy atom. The molecule has 33 heavy (non-hydrogen) atoms. The van der Waals surface area contributed by atoms with Crippen molar-refractivity contribution in [3.8, 4) is 11.5 Å². The molecule has 2 N–H and O–H groups in total. The van der Waals surface area contributed by atoms with Gasteiger partial charge in [-0.25, -0.2) is 4.79 Å². The highest BCUT2D eigenvalue weighted by Gasteiger charge is 2.12. The van der Waals surface area contributed by atoms with Crippen molar-refractivity contribution < 1.29 is 19.7 Å². The molecule has 0 saturated carbocycles. The second kappa shape index (κ2) is 16.4. The molecule has 2 aromatic carbocycles. The maximum atomic E-state index is 11.1. The second-order valence-electron chi connectivity index (χ2n) is 9.30. The molecule has 0 aliphatic rings. The molecule has 0 saturated heterocycles. The molecule has 0 unspecified atom stereocenters. The van der Waals surface area contributed by atoms with E-state index in [1.165, 1.54) is 102 Å². The first-order valence-corrected chi connectivity index (χ1v) is 13.2. The quantitative estimate of drug-likeness (QED) is 0.207. The number of carboxylic acids is 1. The predicted octanol–water partition coefficient (Wildman–Crippen LogP) is 8.88. The van der Waals surface area contributed by atoms with Crippen LogP contribution in [0.1, 0.15) is 120 Å². The number of rotatable bonds is 19. The minimum atomic E-state index is -1.13. The summed E-state index contributed by atoms with van der Waals surface area (Å²) in [6.07, 6.45) is 21.6. The zero-order chi connectivity index (χ0) is 23.7. The summed E-state index contributed by atoms with van der Waals surface area (Å²) in [6.45, 7) is 2.96. The Kier molecular flexibility index (Phi) is 13.4. The number of carboxylic acid groups (broad SMARTS) is 1. The Bertz CT molecular complexity index is 815. The molecule has 2 aromatic rings. The molecule has 0 spiro atoms. The number of hydrogen-bond acceptors (Lipinski definition) is 3. The molecular weight excluding hydrogens is 412 g/mol. The zero-order valence-corrected chi connectivity index (χ0v) is 20.6. The van der Waals surface area contributed by atoms with E-state index < -0.39 is 5.97 Å². The van der Waals surface area contributed by atoms with Gasteiger partial charge in [-0.05, 0) is 36.1 Å². The van der Waals surface area contributed by atoms with Crippen LogP contribution in [0.3, 0.4) is 0 Å². The van der Waals surface area contributed by atoms with Crippen LogP contribution in [0.2, 0.25) is 0 Å². The third-order valence-electron chi connectivity index (χ3n) is 6.46. The molecule has 0 fully saturated rings. The van der Waals surface area contributed by atoms with E-state index in [1.807, 2.05) is 6.07 Å².